The number of likely N-dealkylation sites (tertiary alicyclic amines) is 1. The van der Waals surface area contributed by atoms with Crippen molar-refractivity contribution in [3.63, 3.8) is 0 Å². The number of carbonyl (C=O) groups is 1. The third-order valence-electron chi connectivity index (χ3n) is 5.93. The Labute approximate surface area is 165 Å². The van der Waals surface area contributed by atoms with E-state index in [0.29, 0.717) is 36.5 Å². The summed E-state index contributed by atoms with van der Waals surface area (Å²) in [6.07, 6.45) is 2.36. The number of piperidine rings is 1. The molecule has 27 heavy (non-hydrogen) atoms. The summed E-state index contributed by atoms with van der Waals surface area (Å²) in [7, 11) is -2.96. The summed E-state index contributed by atoms with van der Waals surface area (Å²) in [4.78, 5) is 14.5. The van der Waals surface area contributed by atoms with E-state index in [9.17, 15) is 18.3 Å². The van der Waals surface area contributed by atoms with Gasteiger partial charge >= 0.3 is 0 Å². The van der Waals surface area contributed by atoms with E-state index < -0.39 is 9.84 Å². The molecule has 6 nitrogen and oxygen atoms in total. The summed E-state index contributed by atoms with van der Waals surface area (Å²) < 4.78 is 23.1. The summed E-state index contributed by atoms with van der Waals surface area (Å²) >= 11 is 6.18. The molecule has 2 fully saturated rings. The number of rotatable bonds is 3. The summed E-state index contributed by atoms with van der Waals surface area (Å²) in [5.74, 6) is 0.421. The van der Waals surface area contributed by atoms with Crippen LogP contribution in [-0.2, 0) is 14.6 Å². The van der Waals surface area contributed by atoms with Crippen molar-refractivity contribution in [2.45, 2.75) is 38.6 Å². The Bertz CT molecular complexity index is 805. The SMILES string of the molecule is Cc1cc(O)c([C@H](N)C2CCN(C(=O)C3CCS(=O)(=O)CC3)CC2)cc1Cl. The van der Waals surface area contributed by atoms with Gasteiger partial charge in [-0.05, 0) is 56.2 Å². The first kappa shape index (κ1) is 20.4. The molecule has 3 N–H and O–H groups in total. The monoisotopic (exact) mass is 414 g/mol. The van der Waals surface area contributed by atoms with Crippen LogP contribution in [0.2, 0.25) is 5.02 Å². The predicted molar refractivity (Wildman–Crippen MR) is 105 cm³/mol. The number of aryl methyl sites for hydroxylation is 1. The fourth-order valence-corrected chi connectivity index (χ4v) is 5.74. The van der Waals surface area contributed by atoms with Crippen molar-refractivity contribution in [2.24, 2.45) is 17.6 Å². The van der Waals surface area contributed by atoms with Crippen molar-refractivity contribution in [1.29, 1.82) is 0 Å². The zero-order valence-corrected chi connectivity index (χ0v) is 17.1. The zero-order valence-electron chi connectivity index (χ0n) is 15.5. The molecular formula is C19H27ClN2O4S. The molecule has 0 aliphatic carbocycles. The van der Waals surface area contributed by atoms with Crippen LogP contribution in [0.3, 0.4) is 0 Å². The number of phenols is 1. The highest BCUT2D eigenvalue weighted by molar-refractivity contribution is 7.91. The van der Waals surface area contributed by atoms with Crippen LogP contribution in [0.5, 0.6) is 5.75 Å². The van der Waals surface area contributed by atoms with Gasteiger partial charge in [-0.3, -0.25) is 4.79 Å². The van der Waals surface area contributed by atoms with Gasteiger partial charge in [-0.25, -0.2) is 8.42 Å². The second-order valence-electron chi connectivity index (χ2n) is 7.77. The highest BCUT2D eigenvalue weighted by Crippen LogP contribution is 2.36. The Morgan fingerprint density at radius 3 is 2.41 bits per heavy atom. The van der Waals surface area contributed by atoms with Crippen molar-refractivity contribution in [3.05, 3.63) is 28.3 Å². The van der Waals surface area contributed by atoms with E-state index in [1.807, 2.05) is 11.8 Å². The van der Waals surface area contributed by atoms with Gasteiger partial charge in [0.05, 0.1) is 11.5 Å². The Balaban J connectivity index is 1.59. The molecule has 0 aromatic heterocycles. The van der Waals surface area contributed by atoms with Gasteiger partial charge in [-0.1, -0.05) is 11.6 Å². The number of halogens is 1. The third-order valence-corrected chi connectivity index (χ3v) is 8.05. The Kier molecular flexibility index (Phi) is 6.03. The number of sulfone groups is 1. The van der Waals surface area contributed by atoms with Gasteiger partial charge < -0.3 is 15.7 Å². The topological polar surface area (TPSA) is 101 Å². The lowest BCUT2D eigenvalue weighted by molar-refractivity contribution is -0.137. The largest absolute Gasteiger partial charge is 0.508 e. The molecule has 2 aliphatic rings. The second-order valence-corrected chi connectivity index (χ2v) is 10.5. The molecule has 1 amide bonds. The van der Waals surface area contributed by atoms with E-state index in [-0.39, 0.29) is 41.0 Å². The number of nitrogens with zero attached hydrogens (tertiary/aromatic N) is 1. The minimum atomic E-state index is -2.96. The molecule has 1 atom stereocenters. The first-order chi connectivity index (χ1) is 12.7. The van der Waals surface area contributed by atoms with Crippen molar-refractivity contribution < 1.29 is 18.3 Å². The minimum Gasteiger partial charge on any atom is -0.508 e. The summed E-state index contributed by atoms with van der Waals surface area (Å²) in [5, 5.41) is 10.8. The maximum atomic E-state index is 12.7. The molecule has 2 saturated heterocycles. The normalized spacial score (nSPS) is 22.6. The van der Waals surface area contributed by atoms with Crippen LogP contribution in [0.25, 0.3) is 0 Å². The molecule has 3 rings (SSSR count). The van der Waals surface area contributed by atoms with Gasteiger partial charge in [-0.15, -0.1) is 0 Å². The van der Waals surface area contributed by atoms with Gasteiger partial charge in [0.2, 0.25) is 5.91 Å². The lowest BCUT2D eigenvalue weighted by Gasteiger charge is -2.37. The number of hydrogen-bond acceptors (Lipinski definition) is 5. The van der Waals surface area contributed by atoms with Crippen molar-refractivity contribution in [3.8, 4) is 5.75 Å². The van der Waals surface area contributed by atoms with Crippen molar-refractivity contribution in [1.82, 2.24) is 4.90 Å². The van der Waals surface area contributed by atoms with Crippen LogP contribution in [0, 0.1) is 18.8 Å². The number of benzene rings is 1. The summed E-state index contributed by atoms with van der Waals surface area (Å²) in [6, 6.07) is 3.03. The molecule has 2 heterocycles. The molecule has 2 aliphatic heterocycles. The van der Waals surface area contributed by atoms with Crippen LogP contribution in [0.1, 0.15) is 42.9 Å². The van der Waals surface area contributed by atoms with Crippen molar-refractivity contribution >= 4 is 27.3 Å². The Morgan fingerprint density at radius 1 is 1.22 bits per heavy atom. The number of nitrogens with two attached hydrogens (primary N) is 1. The first-order valence-corrected chi connectivity index (χ1v) is 11.6. The minimum absolute atomic E-state index is 0.0677. The fourth-order valence-electron chi connectivity index (χ4n) is 4.08. The van der Waals surface area contributed by atoms with Crippen molar-refractivity contribution in [2.75, 3.05) is 24.6 Å². The highest BCUT2D eigenvalue weighted by Gasteiger charge is 2.34. The molecule has 0 saturated carbocycles. The predicted octanol–water partition coefficient (Wildman–Crippen LogP) is 2.42. The standard InChI is InChI=1S/C19H27ClN2O4S/c1-12-10-17(23)15(11-16(12)20)18(21)13-2-6-22(7-3-13)19(24)14-4-8-27(25,26)9-5-14/h10-11,13-14,18,23H,2-9,21H2,1H3/t18-/m1/s1. The lowest BCUT2D eigenvalue weighted by Crippen LogP contribution is -2.45. The summed E-state index contributed by atoms with van der Waals surface area (Å²) in [6.45, 7) is 3.06. The van der Waals surface area contributed by atoms with Crippen LogP contribution < -0.4 is 5.73 Å². The van der Waals surface area contributed by atoms with Gasteiger partial charge in [0, 0.05) is 35.6 Å². The fraction of sp³-hybridized carbons (Fsp3) is 0.632. The molecule has 0 radical (unpaired) electrons. The molecule has 0 unspecified atom stereocenters. The lowest BCUT2D eigenvalue weighted by atomic mass is 9.85. The van der Waals surface area contributed by atoms with Gasteiger partial charge in [0.1, 0.15) is 15.6 Å². The molecule has 0 bridgehead atoms. The third kappa shape index (κ3) is 4.58. The maximum absolute atomic E-state index is 12.7. The number of phenolic OH excluding ortho intramolecular Hbond substituents is 1. The molecule has 8 heteroatoms. The van der Waals surface area contributed by atoms with Gasteiger partial charge in [-0.2, -0.15) is 0 Å². The summed E-state index contributed by atoms with van der Waals surface area (Å²) in [5.41, 5.74) is 7.85. The number of amides is 1. The van der Waals surface area contributed by atoms with Crippen LogP contribution >= 0.6 is 11.6 Å². The number of carbonyl (C=O) groups excluding carboxylic acids is 1. The molecule has 1 aromatic carbocycles. The van der Waals surface area contributed by atoms with E-state index in [0.717, 1.165) is 18.4 Å². The van der Waals surface area contributed by atoms with Gasteiger partial charge in [0.25, 0.3) is 0 Å². The smallest absolute Gasteiger partial charge is 0.225 e. The molecule has 0 spiro atoms. The van der Waals surface area contributed by atoms with Crippen LogP contribution in [0.15, 0.2) is 12.1 Å². The molecular weight excluding hydrogens is 388 g/mol. The van der Waals surface area contributed by atoms with Gasteiger partial charge in [0.15, 0.2) is 0 Å². The maximum Gasteiger partial charge on any atom is 0.225 e. The average molecular weight is 415 g/mol. The number of aromatic hydroxyl groups is 1. The Hall–Kier alpha value is -1.31. The van der Waals surface area contributed by atoms with Crippen LogP contribution in [-0.4, -0.2) is 48.9 Å². The highest BCUT2D eigenvalue weighted by atomic mass is 35.5. The quantitative estimate of drug-likeness (QED) is 0.790. The van der Waals surface area contributed by atoms with E-state index in [1.54, 1.807) is 12.1 Å². The molecule has 150 valence electrons. The second kappa shape index (κ2) is 7.97. The van der Waals surface area contributed by atoms with Crippen LogP contribution in [0.4, 0.5) is 0 Å². The number of hydrogen-bond donors (Lipinski definition) is 2. The Morgan fingerprint density at radius 2 is 1.81 bits per heavy atom. The van der Waals surface area contributed by atoms with E-state index in [2.05, 4.69) is 0 Å². The van der Waals surface area contributed by atoms with E-state index in [4.69, 9.17) is 17.3 Å². The molecule has 1 aromatic rings. The first-order valence-electron chi connectivity index (χ1n) is 9.42. The van der Waals surface area contributed by atoms with E-state index >= 15 is 0 Å². The average Bonchev–Trinajstić information content (AvgIpc) is 2.64. The zero-order chi connectivity index (χ0) is 19.8. The van der Waals surface area contributed by atoms with E-state index in [1.165, 1.54) is 0 Å².